The minimum absolute atomic E-state index is 0.525. The SMILES string of the molecule is C=C(C(=C/C)/N=C(\C)C(C)C)C1CC1. The van der Waals surface area contributed by atoms with E-state index in [0.29, 0.717) is 11.8 Å². The Kier molecular flexibility index (Phi) is 3.68. The topological polar surface area (TPSA) is 12.4 Å². The summed E-state index contributed by atoms with van der Waals surface area (Å²) in [5.74, 6) is 1.24. The number of hydrogen-bond donors (Lipinski definition) is 0. The van der Waals surface area contributed by atoms with Gasteiger partial charge in [-0.25, -0.2) is 0 Å². The van der Waals surface area contributed by atoms with Crippen molar-refractivity contribution in [2.45, 2.75) is 40.5 Å². The van der Waals surface area contributed by atoms with Gasteiger partial charge in [-0.05, 0) is 44.1 Å². The Labute approximate surface area is 87.6 Å². The molecule has 0 atom stereocenters. The lowest BCUT2D eigenvalue weighted by atomic mass is 10.1. The maximum absolute atomic E-state index is 4.63. The van der Waals surface area contributed by atoms with Crippen LogP contribution in [0, 0.1) is 11.8 Å². The Morgan fingerprint density at radius 3 is 2.36 bits per heavy atom. The summed E-state index contributed by atoms with van der Waals surface area (Å²) >= 11 is 0. The fraction of sp³-hybridized carbons (Fsp3) is 0.615. The third kappa shape index (κ3) is 2.83. The zero-order valence-corrected chi connectivity index (χ0v) is 9.80. The van der Waals surface area contributed by atoms with Gasteiger partial charge in [-0.15, -0.1) is 0 Å². The van der Waals surface area contributed by atoms with E-state index in [1.807, 2.05) is 6.92 Å². The Bertz CT molecular complexity index is 278. The van der Waals surface area contributed by atoms with Crippen molar-refractivity contribution in [2.24, 2.45) is 16.8 Å². The van der Waals surface area contributed by atoms with Crippen molar-refractivity contribution in [2.75, 3.05) is 0 Å². The average Bonchev–Trinajstić information content (AvgIpc) is 2.95. The lowest BCUT2D eigenvalue weighted by Crippen LogP contribution is -2.03. The van der Waals surface area contributed by atoms with Gasteiger partial charge in [0.05, 0.1) is 5.70 Å². The first-order chi connectivity index (χ1) is 6.56. The standard InChI is InChI=1S/C13H21N/c1-6-13(10(4)12-7-8-12)14-11(5)9(2)3/h6,9,12H,4,7-8H2,1-3,5H3/b13-6-,14-11+. The fourth-order valence-electron chi connectivity index (χ4n) is 1.28. The second kappa shape index (κ2) is 4.59. The van der Waals surface area contributed by atoms with Gasteiger partial charge in [0.2, 0.25) is 0 Å². The molecular formula is C13H21N. The van der Waals surface area contributed by atoms with Crippen molar-refractivity contribution in [3.8, 4) is 0 Å². The van der Waals surface area contributed by atoms with Gasteiger partial charge in [0.25, 0.3) is 0 Å². The quantitative estimate of drug-likeness (QED) is 0.471. The summed E-state index contributed by atoms with van der Waals surface area (Å²) < 4.78 is 0. The lowest BCUT2D eigenvalue weighted by molar-refractivity contribution is 0.872. The minimum Gasteiger partial charge on any atom is -0.258 e. The first-order valence-corrected chi connectivity index (χ1v) is 5.47. The lowest BCUT2D eigenvalue weighted by Gasteiger charge is -2.08. The van der Waals surface area contributed by atoms with Gasteiger partial charge in [-0.2, -0.15) is 0 Å². The van der Waals surface area contributed by atoms with E-state index < -0.39 is 0 Å². The number of nitrogens with zero attached hydrogens (tertiary/aromatic N) is 1. The molecule has 1 heteroatoms. The zero-order valence-electron chi connectivity index (χ0n) is 9.80. The molecule has 0 N–H and O–H groups in total. The average molecular weight is 191 g/mol. The Hall–Kier alpha value is -0.850. The van der Waals surface area contributed by atoms with E-state index >= 15 is 0 Å². The predicted molar refractivity (Wildman–Crippen MR) is 63.6 cm³/mol. The van der Waals surface area contributed by atoms with Crippen molar-refractivity contribution in [3.63, 3.8) is 0 Å². The van der Waals surface area contributed by atoms with E-state index in [-0.39, 0.29) is 0 Å². The first kappa shape index (κ1) is 11.2. The van der Waals surface area contributed by atoms with Crippen molar-refractivity contribution in [1.29, 1.82) is 0 Å². The molecule has 1 rings (SSSR count). The smallest absolute Gasteiger partial charge is 0.0615 e. The Morgan fingerprint density at radius 1 is 1.43 bits per heavy atom. The molecule has 0 aliphatic heterocycles. The third-order valence-electron chi connectivity index (χ3n) is 2.80. The second-order valence-corrected chi connectivity index (χ2v) is 4.38. The molecule has 0 saturated heterocycles. The summed E-state index contributed by atoms with van der Waals surface area (Å²) in [5, 5.41) is 0. The second-order valence-electron chi connectivity index (χ2n) is 4.38. The van der Waals surface area contributed by atoms with Crippen LogP contribution in [0.25, 0.3) is 0 Å². The molecule has 0 heterocycles. The first-order valence-electron chi connectivity index (χ1n) is 5.47. The van der Waals surface area contributed by atoms with Crippen LogP contribution in [0.15, 0.2) is 28.9 Å². The molecule has 0 aromatic heterocycles. The summed E-state index contributed by atoms with van der Waals surface area (Å²) in [6.45, 7) is 12.6. The molecule has 0 unspecified atom stereocenters. The maximum atomic E-state index is 4.63. The van der Waals surface area contributed by atoms with E-state index in [0.717, 1.165) is 5.70 Å². The van der Waals surface area contributed by atoms with Crippen molar-refractivity contribution in [3.05, 3.63) is 23.9 Å². The summed E-state index contributed by atoms with van der Waals surface area (Å²) in [7, 11) is 0. The van der Waals surface area contributed by atoms with Crippen molar-refractivity contribution >= 4 is 5.71 Å². The maximum Gasteiger partial charge on any atom is 0.0615 e. The Morgan fingerprint density at radius 2 is 2.00 bits per heavy atom. The molecule has 1 aliphatic carbocycles. The van der Waals surface area contributed by atoms with Crippen LogP contribution in [0.3, 0.4) is 0 Å². The summed E-state index contributed by atoms with van der Waals surface area (Å²) in [6, 6.07) is 0. The molecular weight excluding hydrogens is 170 g/mol. The van der Waals surface area contributed by atoms with Crippen LogP contribution in [0.4, 0.5) is 0 Å². The van der Waals surface area contributed by atoms with Crippen LogP contribution in [0.5, 0.6) is 0 Å². The normalized spacial score (nSPS) is 18.9. The predicted octanol–water partition coefficient (Wildman–Crippen LogP) is 3.97. The number of rotatable bonds is 4. The molecule has 0 bridgehead atoms. The van der Waals surface area contributed by atoms with Crippen LogP contribution in [0.2, 0.25) is 0 Å². The Balaban J connectivity index is 2.72. The highest BCUT2D eigenvalue weighted by Crippen LogP contribution is 2.39. The highest BCUT2D eigenvalue weighted by Gasteiger charge is 2.26. The van der Waals surface area contributed by atoms with Gasteiger partial charge >= 0.3 is 0 Å². The highest BCUT2D eigenvalue weighted by atomic mass is 14.8. The van der Waals surface area contributed by atoms with Crippen LogP contribution >= 0.6 is 0 Å². The van der Waals surface area contributed by atoms with E-state index in [4.69, 9.17) is 0 Å². The number of allylic oxidation sites excluding steroid dienone is 2. The van der Waals surface area contributed by atoms with Gasteiger partial charge in [0.15, 0.2) is 0 Å². The molecule has 0 amide bonds. The van der Waals surface area contributed by atoms with Gasteiger partial charge in [-0.1, -0.05) is 26.5 Å². The summed E-state index contributed by atoms with van der Waals surface area (Å²) in [5.41, 5.74) is 3.52. The van der Waals surface area contributed by atoms with Crippen LogP contribution < -0.4 is 0 Å². The van der Waals surface area contributed by atoms with Crippen molar-refractivity contribution < 1.29 is 0 Å². The van der Waals surface area contributed by atoms with Crippen LogP contribution in [-0.4, -0.2) is 5.71 Å². The molecule has 14 heavy (non-hydrogen) atoms. The molecule has 0 spiro atoms. The fourth-order valence-corrected chi connectivity index (χ4v) is 1.28. The minimum atomic E-state index is 0.525. The summed E-state index contributed by atoms with van der Waals surface area (Å²) in [6.07, 6.45) is 4.67. The monoisotopic (exact) mass is 191 g/mol. The third-order valence-corrected chi connectivity index (χ3v) is 2.80. The largest absolute Gasteiger partial charge is 0.258 e. The highest BCUT2D eigenvalue weighted by molar-refractivity contribution is 5.85. The molecule has 1 nitrogen and oxygen atoms in total. The van der Waals surface area contributed by atoms with E-state index in [1.165, 1.54) is 24.1 Å². The van der Waals surface area contributed by atoms with E-state index in [9.17, 15) is 0 Å². The molecule has 0 aromatic carbocycles. The zero-order chi connectivity index (χ0) is 10.7. The van der Waals surface area contributed by atoms with Gasteiger partial charge in [-0.3, -0.25) is 4.99 Å². The molecule has 0 aromatic rings. The number of hydrogen-bond acceptors (Lipinski definition) is 1. The molecule has 1 saturated carbocycles. The van der Waals surface area contributed by atoms with Crippen LogP contribution in [-0.2, 0) is 0 Å². The molecule has 78 valence electrons. The number of aliphatic imine (C=N–C) groups is 1. The summed E-state index contributed by atoms with van der Waals surface area (Å²) in [4.78, 5) is 4.63. The molecule has 0 radical (unpaired) electrons. The molecule has 1 fully saturated rings. The van der Waals surface area contributed by atoms with Gasteiger partial charge < -0.3 is 0 Å². The van der Waals surface area contributed by atoms with Crippen LogP contribution in [0.1, 0.15) is 40.5 Å². The van der Waals surface area contributed by atoms with Gasteiger partial charge in [0.1, 0.15) is 0 Å². The van der Waals surface area contributed by atoms with Gasteiger partial charge in [0, 0.05) is 5.71 Å². The van der Waals surface area contributed by atoms with E-state index in [2.05, 4.69) is 38.4 Å². The molecule has 1 aliphatic rings. The van der Waals surface area contributed by atoms with E-state index in [1.54, 1.807) is 0 Å². The van der Waals surface area contributed by atoms with Crippen molar-refractivity contribution in [1.82, 2.24) is 0 Å².